The van der Waals surface area contributed by atoms with Crippen LogP contribution in [0.2, 0.25) is 0 Å². The van der Waals surface area contributed by atoms with Gasteiger partial charge in [0.2, 0.25) is 0 Å². The van der Waals surface area contributed by atoms with E-state index in [0.29, 0.717) is 0 Å². The summed E-state index contributed by atoms with van der Waals surface area (Å²) in [5.41, 5.74) is 3.92. The van der Waals surface area contributed by atoms with Crippen molar-refractivity contribution >= 4 is 0 Å². The first-order valence-electron chi connectivity index (χ1n) is 7.86. The molecule has 3 rings (SSSR count). The van der Waals surface area contributed by atoms with Crippen LogP contribution in [0.1, 0.15) is 13.8 Å². The summed E-state index contributed by atoms with van der Waals surface area (Å²) in [5.74, 6) is -0.513. The maximum atomic E-state index is 13.3. The molecule has 0 aliphatic carbocycles. The standard InChI is InChI=1S/C19H18F2N2.Au/c1-3-22-13-23(4-2)19(15-7-11-17(21)12-8-15)18(22)14-5-9-16(20)10-6-14;/h5-12H,3-4H2,1-2H3;. The van der Waals surface area contributed by atoms with E-state index in [9.17, 15) is 8.78 Å². The summed E-state index contributed by atoms with van der Waals surface area (Å²) in [5, 5.41) is 0. The molecule has 0 N–H and O–H groups in total. The van der Waals surface area contributed by atoms with Crippen LogP contribution in [0.3, 0.4) is 0 Å². The molecule has 1 aromatic heterocycles. The van der Waals surface area contributed by atoms with Gasteiger partial charge in [0.15, 0.2) is 0 Å². The molecule has 0 fully saturated rings. The van der Waals surface area contributed by atoms with Gasteiger partial charge in [-0.25, -0.2) is 0 Å². The van der Waals surface area contributed by atoms with Gasteiger partial charge in [0, 0.05) is 0 Å². The van der Waals surface area contributed by atoms with Crippen LogP contribution in [0.5, 0.6) is 0 Å². The van der Waals surface area contributed by atoms with Gasteiger partial charge in [-0.05, 0) is 0 Å². The van der Waals surface area contributed by atoms with Gasteiger partial charge in [-0.1, -0.05) is 0 Å². The first-order chi connectivity index (χ1) is 11.6. The van der Waals surface area contributed by atoms with Crippen LogP contribution in [-0.2, 0) is 33.7 Å². The zero-order valence-corrected chi connectivity index (χ0v) is 15.7. The van der Waals surface area contributed by atoms with Gasteiger partial charge in [-0.2, -0.15) is 0 Å². The molecule has 0 bridgehead atoms. The van der Waals surface area contributed by atoms with Gasteiger partial charge in [0.05, 0.1) is 0 Å². The number of nitrogens with zero attached hydrogens (tertiary/aromatic N) is 2. The van der Waals surface area contributed by atoms with E-state index >= 15 is 0 Å². The topological polar surface area (TPSA) is 9.86 Å². The van der Waals surface area contributed by atoms with E-state index in [0.717, 1.165) is 39.2 Å². The average molecular weight is 509 g/mol. The molecule has 0 aliphatic rings. The predicted molar refractivity (Wildman–Crippen MR) is 87.8 cm³/mol. The van der Waals surface area contributed by atoms with E-state index in [1.54, 1.807) is 24.3 Å². The minimum atomic E-state index is -0.256. The molecular weight excluding hydrogens is 491 g/mol. The Morgan fingerprint density at radius 3 is 1.33 bits per heavy atom. The molecule has 129 valence electrons. The van der Waals surface area contributed by atoms with Gasteiger partial charge >= 0.3 is 152 Å². The molecule has 0 spiro atoms. The van der Waals surface area contributed by atoms with Crippen molar-refractivity contribution in [3.05, 3.63) is 63.8 Å². The first kappa shape index (κ1) is 17.1. The zero-order valence-electron chi connectivity index (χ0n) is 13.5. The van der Waals surface area contributed by atoms with E-state index in [4.69, 9.17) is 0 Å². The van der Waals surface area contributed by atoms with Gasteiger partial charge in [-0.3, -0.25) is 0 Å². The summed E-state index contributed by atoms with van der Waals surface area (Å²) in [6, 6.07) is 13.0. The quantitative estimate of drug-likeness (QED) is 0.438. The zero-order chi connectivity index (χ0) is 17.3. The Labute approximate surface area is 151 Å². The fourth-order valence-corrected chi connectivity index (χ4v) is 4.09. The number of hydrogen-bond donors (Lipinski definition) is 0. The van der Waals surface area contributed by atoms with Crippen molar-refractivity contribution in [2.24, 2.45) is 0 Å². The SMILES string of the molecule is CCn1c(-c2ccc(F)cc2)c(-c2ccc(F)cc2)n(CC)[c]1=[Au]. The molecule has 2 nitrogen and oxygen atoms in total. The number of hydrogen-bond acceptors (Lipinski definition) is 0. The molecule has 0 saturated heterocycles. The number of halogens is 2. The number of imidazole rings is 1. The van der Waals surface area contributed by atoms with E-state index < -0.39 is 0 Å². The average Bonchev–Trinajstić information content (AvgIpc) is 2.88. The normalized spacial score (nSPS) is 11.1. The Morgan fingerprint density at radius 2 is 1.04 bits per heavy atom. The van der Waals surface area contributed by atoms with Crippen LogP contribution >= 0.6 is 0 Å². The number of aromatic nitrogens is 2. The Bertz CT molecular complexity index is 832. The Balaban J connectivity index is 2.35. The predicted octanol–water partition coefficient (Wildman–Crippen LogP) is 5.02. The molecule has 0 radical (unpaired) electrons. The van der Waals surface area contributed by atoms with Gasteiger partial charge in [0.1, 0.15) is 0 Å². The maximum absolute atomic E-state index is 13.3. The van der Waals surface area contributed by atoms with Crippen molar-refractivity contribution < 1.29 is 29.4 Å². The summed E-state index contributed by atoms with van der Waals surface area (Å²) in [7, 11) is 0. The summed E-state index contributed by atoms with van der Waals surface area (Å²) in [4.78, 5) is 0. The monoisotopic (exact) mass is 509 g/mol. The molecule has 0 saturated carbocycles. The summed E-state index contributed by atoms with van der Waals surface area (Å²) in [6.45, 7) is 5.75. The molecule has 0 amide bonds. The first-order valence-corrected chi connectivity index (χ1v) is 8.95. The third-order valence-electron chi connectivity index (χ3n) is 4.04. The van der Waals surface area contributed by atoms with Crippen molar-refractivity contribution in [1.29, 1.82) is 0 Å². The third-order valence-corrected chi connectivity index (χ3v) is 5.21. The van der Waals surface area contributed by atoms with Gasteiger partial charge < -0.3 is 0 Å². The molecule has 0 unspecified atom stereocenters. The van der Waals surface area contributed by atoms with E-state index in [-0.39, 0.29) is 11.6 Å². The van der Waals surface area contributed by atoms with E-state index in [2.05, 4.69) is 43.6 Å². The molecule has 24 heavy (non-hydrogen) atoms. The summed E-state index contributed by atoms with van der Waals surface area (Å²) >= 11 is 2.55. The van der Waals surface area contributed by atoms with E-state index in [1.807, 2.05) is 0 Å². The molecule has 2 aromatic carbocycles. The molecule has 0 aliphatic heterocycles. The molecule has 1 heterocycles. The fraction of sp³-hybridized carbons (Fsp3) is 0.211. The van der Waals surface area contributed by atoms with Gasteiger partial charge in [0.25, 0.3) is 0 Å². The Hall–Kier alpha value is -1.75. The Morgan fingerprint density at radius 1 is 0.708 bits per heavy atom. The van der Waals surface area contributed by atoms with Crippen LogP contribution < -0.4 is 0 Å². The van der Waals surface area contributed by atoms with Gasteiger partial charge in [-0.15, -0.1) is 0 Å². The van der Waals surface area contributed by atoms with Crippen molar-refractivity contribution in [2.45, 2.75) is 26.9 Å². The number of rotatable bonds is 4. The third kappa shape index (κ3) is 2.97. The fourth-order valence-electron chi connectivity index (χ4n) is 2.92. The molecule has 3 aromatic rings. The Kier molecular flexibility index (Phi) is 4.99. The van der Waals surface area contributed by atoms with Crippen molar-refractivity contribution in [3.8, 4) is 22.5 Å². The van der Waals surface area contributed by atoms with Crippen LogP contribution in [0.25, 0.3) is 22.5 Å². The van der Waals surface area contributed by atoms with Crippen molar-refractivity contribution in [2.75, 3.05) is 0 Å². The second kappa shape index (κ2) is 7.01. The van der Waals surface area contributed by atoms with Crippen LogP contribution in [0.15, 0.2) is 48.5 Å². The molecule has 0 atom stereocenters. The second-order valence-electron chi connectivity index (χ2n) is 5.43. The van der Waals surface area contributed by atoms with Crippen LogP contribution in [0.4, 0.5) is 8.78 Å². The molecular formula is C19H18AuF2N2. The van der Waals surface area contributed by atoms with Crippen molar-refractivity contribution in [1.82, 2.24) is 9.13 Å². The minimum absolute atomic E-state index is 0.256. The summed E-state index contributed by atoms with van der Waals surface area (Å²) < 4.78 is 32.1. The number of benzene rings is 2. The van der Waals surface area contributed by atoms with E-state index in [1.165, 1.54) is 24.3 Å². The van der Waals surface area contributed by atoms with Crippen LogP contribution in [0, 0.1) is 15.3 Å². The second-order valence-corrected chi connectivity index (χ2v) is 6.40. The summed E-state index contributed by atoms with van der Waals surface area (Å²) in [6.07, 6.45) is 0. The molecule has 5 heteroatoms. The van der Waals surface area contributed by atoms with Crippen LogP contribution in [-0.4, -0.2) is 9.13 Å². The van der Waals surface area contributed by atoms with Crippen molar-refractivity contribution in [3.63, 3.8) is 0 Å².